The molecule has 6 nitrogen and oxygen atoms in total. The van der Waals surface area contributed by atoms with Gasteiger partial charge in [0, 0.05) is 7.05 Å². The van der Waals surface area contributed by atoms with Gasteiger partial charge in [0.25, 0.3) is 0 Å². The third-order valence-electron chi connectivity index (χ3n) is 3.48. The number of para-hydroxylation sites is 1. The van der Waals surface area contributed by atoms with E-state index in [4.69, 9.17) is 5.73 Å². The van der Waals surface area contributed by atoms with Crippen molar-refractivity contribution in [2.45, 2.75) is 19.8 Å². The van der Waals surface area contributed by atoms with Crippen LogP contribution >= 0.6 is 0 Å². The third kappa shape index (κ3) is 1.94. The topological polar surface area (TPSA) is 85.5 Å². The van der Waals surface area contributed by atoms with E-state index in [2.05, 4.69) is 23.1 Å². The molecule has 0 aliphatic heterocycles. The first-order chi connectivity index (χ1) is 10.2. The van der Waals surface area contributed by atoms with Crippen molar-refractivity contribution in [3.05, 3.63) is 35.5 Å². The van der Waals surface area contributed by atoms with Crippen molar-refractivity contribution in [1.29, 1.82) is 5.26 Å². The number of aromatic nitrogens is 4. The van der Waals surface area contributed by atoms with Crippen LogP contribution in [0.1, 0.15) is 24.6 Å². The van der Waals surface area contributed by atoms with Gasteiger partial charge in [0.15, 0.2) is 5.65 Å². The largest absolute Gasteiger partial charge is 0.369 e. The fourth-order valence-corrected chi connectivity index (χ4v) is 2.60. The summed E-state index contributed by atoms with van der Waals surface area (Å²) in [6, 6.07) is 9.54. The maximum absolute atomic E-state index is 9.29. The number of nitrogen functional groups attached to an aromatic ring is 1. The van der Waals surface area contributed by atoms with E-state index in [0.717, 1.165) is 35.4 Å². The highest BCUT2D eigenvalue weighted by Crippen LogP contribution is 2.27. The molecule has 21 heavy (non-hydrogen) atoms. The van der Waals surface area contributed by atoms with Gasteiger partial charge in [-0.25, -0.2) is 9.67 Å². The number of benzene rings is 1. The van der Waals surface area contributed by atoms with E-state index in [1.54, 1.807) is 15.3 Å². The molecular weight excluding hydrogens is 264 g/mol. The van der Waals surface area contributed by atoms with Gasteiger partial charge in [-0.3, -0.25) is 4.57 Å². The molecule has 106 valence electrons. The Morgan fingerprint density at radius 1 is 1.33 bits per heavy atom. The summed E-state index contributed by atoms with van der Waals surface area (Å²) >= 11 is 0. The van der Waals surface area contributed by atoms with Gasteiger partial charge in [0.2, 0.25) is 5.95 Å². The lowest BCUT2D eigenvalue weighted by molar-refractivity contribution is 0.737. The number of hydrogen-bond acceptors (Lipinski definition) is 4. The summed E-state index contributed by atoms with van der Waals surface area (Å²) < 4.78 is 3.57. The van der Waals surface area contributed by atoms with Crippen molar-refractivity contribution in [1.82, 2.24) is 19.3 Å². The van der Waals surface area contributed by atoms with Gasteiger partial charge in [-0.15, -0.1) is 0 Å². The second kappa shape index (κ2) is 4.94. The normalized spacial score (nSPS) is 10.9. The summed E-state index contributed by atoms with van der Waals surface area (Å²) in [6.07, 6.45) is 1.85. The van der Waals surface area contributed by atoms with Crippen molar-refractivity contribution >= 4 is 17.1 Å². The number of imidazole rings is 1. The first kappa shape index (κ1) is 13.2. The molecule has 3 aromatic rings. The van der Waals surface area contributed by atoms with Gasteiger partial charge < -0.3 is 5.73 Å². The first-order valence-corrected chi connectivity index (χ1v) is 6.86. The molecule has 2 N–H and O–H groups in total. The van der Waals surface area contributed by atoms with Gasteiger partial charge >= 0.3 is 0 Å². The number of fused-ring (bicyclic) bond motifs is 1. The van der Waals surface area contributed by atoms with Gasteiger partial charge in [-0.05, 0) is 18.6 Å². The molecule has 0 aliphatic carbocycles. The number of rotatable bonds is 3. The average Bonchev–Trinajstić information content (AvgIpc) is 2.97. The quantitative estimate of drug-likeness (QED) is 0.796. The molecule has 1 aromatic carbocycles. The lowest BCUT2D eigenvalue weighted by Gasteiger charge is -2.08. The highest BCUT2D eigenvalue weighted by Gasteiger charge is 2.19. The van der Waals surface area contributed by atoms with Crippen LogP contribution in [0, 0.1) is 11.3 Å². The minimum atomic E-state index is 0.373. The summed E-state index contributed by atoms with van der Waals surface area (Å²) in [6.45, 7) is 2.10. The lowest BCUT2D eigenvalue weighted by atomic mass is 10.2. The lowest BCUT2D eigenvalue weighted by Crippen LogP contribution is -2.06. The maximum Gasteiger partial charge on any atom is 0.207 e. The molecule has 0 fully saturated rings. The number of hydrogen-bond donors (Lipinski definition) is 1. The summed E-state index contributed by atoms with van der Waals surface area (Å²) in [5.74, 6) is 0.373. The van der Waals surface area contributed by atoms with Crippen molar-refractivity contribution in [3.63, 3.8) is 0 Å². The third-order valence-corrected chi connectivity index (χ3v) is 3.48. The number of nitrogens with zero attached hydrogens (tertiary/aromatic N) is 5. The van der Waals surface area contributed by atoms with Crippen molar-refractivity contribution < 1.29 is 0 Å². The SMILES string of the molecule is CCCc1nn(C)c2c1nc(N)n2-c1ccccc1C#N. The summed E-state index contributed by atoms with van der Waals surface area (Å²) in [4.78, 5) is 4.45. The van der Waals surface area contributed by atoms with E-state index in [0.29, 0.717) is 11.5 Å². The molecule has 0 radical (unpaired) electrons. The Balaban J connectivity index is 2.33. The average molecular weight is 280 g/mol. The van der Waals surface area contributed by atoms with Gasteiger partial charge in [0.05, 0.1) is 16.9 Å². The fourth-order valence-electron chi connectivity index (χ4n) is 2.60. The Kier molecular flexibility index (Phi) is 3.10. The van der Waals surface area contributed by atoms with E-state index >= 15 is 0 Å². The monoisotopic (exact) mass is 280 g/mol. The second-order valence-electron chi connectivity index (χ2n) is 4.93. The van der Waals surface area contributed by atoms with Crippen LogP contribution in [-0.2, 0) is 13.5 Å². The van der Waals surface area contributed by atoms with Gasteiger partial charge in [-0.1, -0.05) is 25.5 Å². The minimum absolute atomic E-state index is 0.373. The Labute approximate surface area is 122 Å². The molecule has 2 aromatic heterocycles. The zero-order valence-corrected chi connectivity index (χ0v) is 12.0. The smallest absolute Gasteiger partial charge is 0.207 e. The first-order valence-electron chi connectivity index (χ1n) is 6.86. The van der Waals surface area contributed by atoms with Crippen LogP contribution in [-0.4, -0.2) is 19.3 Å². The molecule has 0 unspecified atom stereocenters. The van der Waals surface area contributed by atoms with Crippen LogP contribution in [0.25, 0.3) is 16.9 Å². The van der Waals surface area contributed by atoms with E-state index < -0.39 is 0 Å². The van der Waals surface area contributed by atoms with Crippen LogP contribution in [0.15, 0.2) is 24.3 Å². The predicted molar refractivity (Wildman–Crippen MR) is 81.0 cm³/mol. The zero-order chi connectivity index (χ0) is 15.0. The van der Waals surface area contributed by atoms with Crippen LogP contribution in [0.5, 0.6) is 0 Å². The standard InChI is InChI=1S/C15H16N6/c1-3-6-11-13-14(20(2)19-11)21(15(17)18-13)12-8-5-4-7-10(12)9-16/h4-5,7-8H,3,6H2,1-2H3,(H2,17,18). The van der Waals surface area contributed by atoms with Gasteiger partial charge in [-0.2, -0.15) is 10.4 Å². The Bertz CT molecular complexity index is 849. The zero-order valence-electron chi connectivity index (χ0n) is 12.0. The summed E-state index contributed by atoms with van der Waals surface area (Å²) in [5.41, 5.74) is 9.94. The van der Waals surface area contributed by atoms with Crippen LogP contribution in [0.2, 0.25) is 0 Å². The van der Waals surface area contributed by atoms with Crippen LogP contribution in [0.3, 0.4) is 0 Å². The maximum atomic E-state index is 9.29. The number of nitrogens with two attached hydrogens (primary N) is 1. The summed E-state index contributed by atoms with van der Waals surface area (Å²) in [7, 11) is 1.87. The molecule has 0 amide bonds. The molecule has 0 bridgehead atoms. The van der Waals surface area contributed by atoms with Crippen molar-refractivity contribution in [3.8, 4) is 11.8 Å². The predicted octanol–water partition coefficient (Wildman–Crippen LogP) is 2.17. The molecule has 0 saturated carbocycles. The minimum Gasteiger partial charge on any atom is -0.369 e. The van der Waals surface area contributed by atoms with E-state index in [-0.39, 0.29) is 0 Å². The number of aryl methyl sites for hydroxylation is 2. The Hall–Kier alpha value is -2.81. The van der Waals surface area contributed by atoms with Gasteiger partial charge in [0.1, 0.15) is 11.6 Å². The second-order valence-corrected chi connectivity index (χ2v) is 4.93. The fraction of sp³-hybridized carbons (Fsp3) is 0.267. The van der Waals surface area contributed by atoms with Crippen LogP contribution in [0.4, 0.5) is 5.95 Å². The van der Waals surface area contributed by atoms with Crippen molar-refractivity contribution in [2.24, 2.45) is 7.05 Å². The van der Waals surface area contributed by atoms with Crippen LogP contribution < -0.4 is 5.73 Å². The highest BCUT2D eigenvalue weighted by atomic mass is 15.3. The summed E-state index contributed by atoms with van der Waals surface area (Å²) in [5, 5.41) is 13.8. The Morgan fingerprint density at radius 3 is 2.81 bits per heavy atom. The molecule has 6 heteroatoms. The van der Waals surface area contributed by atoms with E-state index in [9.17, 15) is 5.26 Å². The molecule has 0 spiro atoms. The molecule has 0 saturated heterocycles. The molecule has 3 rings (SSSR count). The Morgan fingerprint density at radius 2 is 2.10 bits per heavy atom. The van der Waals surface area contributed by atoms with E-state index in [1.165, 1.54) is 0 Å². The molecular formula is C15H16N6. The molecule has 2 heterocycles. The molecule has 0 atom stereocenters. The van der Waals surface area contributed by atoms with Crippen molar-refractivity contribution in [2.75, 3.05) is 5.73 Å². The number of nitriles is 1. The number of anilines is 1. The molecule has 0 aliphatic rings. The highest BCUT2D eigenvalue weighted by molar-refractivity contribution is 5.81. The van der Waals surface area contributed by atoms with E-state index in [1.807, 2.05) is 25.2 Å².